The standard InChI is InChI=1S/C11H17N3O/c1-11(5-4-6-12-9-11)10(15)13-14-7-2-3-8-14/h2-3,7-8,12H,4-6,9H2,1H3,(H,13,15). The van der Waals surface area contributed by atoms with E-state index in [1.165, 1.54) is 0 Å². The fourth-order valence-corrected chi connectivity index (χ4v) is 1.91. The van der Waals surface area contributed by atoms with Gasteiger partial charge in [-0.2, -0.15) is 0 Å². The van der Waals surface area contributed by atoms with Gasteiger partial charge >= 0.3 is 0 Å². The first-order valence-corrected chi connectivity index (χ1v) is 5.36. The van der Waals surface area contributed by atoms with Crippen LogP contribution in [-0.4, -0.2) is 23.7 Å². The molecule has 4 nitrogen and oxygen atoms in total. The molecule has 1 aliphatic heterocycles. The monoisotopic (exact) mass is 207 g/mol. The lowest BCUT2D eigenvalue weighted by atomic mass is 9.82. The maximum absolute atomic E-state index is 12.0. The average molecular weight is 207 g/mol. The van der Waals surface area contributed by atoms with Crippen LogP contribution in [0.15, 0.2) is 24.5 Å². The van der Waals surface area contributed by atoms with Crippen LogP contribution >= 0.6 is 0 Å². The number of carbonyl (C=O) groups is 1. The molecule has 1 unspecified atom stereocenters. The average Bonchev–Trinajstić information content (AvgIpc) is 2.71. The summed E-state index contributed by atoms with van der Waals surface area (Å²) < 4.78 is 1.70. The molecule has 0 aromatic carbocycles. The molecule has 1 fully saturated rings. The van der Waals surface area contributed by atoms with Gasteiger partial charge in [-0.15, -0.1) is 0 Å². The number of hydrogen-bond donors (Lipinski definition) is 2. The molecule has 1 saturated heterocycles. The van der Waals surface area contributed by atoms with Gasteiger partial charge in [0, 0.05) is 18.9 Å². The van der Waals surface area contributed by atoms with Crippen molar-refractivity contribution in [3.8, 4) is 0 Å². The number of nitrogens with zero attached hydrogens (tertiary/aromatic N) is 1. The van der Waals surface area contributed by atoms with Crippen LogP contribution in [0.5, 0.6) is 0 Å². The Morgan fingerprint density at radius 1 is 1.47 bits per heavy atom. The molecule has 0 radical (unpaired) electrons. The van der Waals surface area contributed by atoms with Gasteiger partial charge in [0.25, 0.3) is 0 Å². The SMILES string of the molecule is CC1(C(=O)Nn2cccc2)CCCNC1. The van der Waals surface area contributed by atoms with Crippen molar-refractivity contribution < 1.29 is 4.79 Å². The van der Waals surface area contributed by atoms with Gasteiger partial charge in [0.1, 0.15) is 0 Å². The summed E-state index contributed by atoms with van der Waals surface area (Å²) in [5, 5.41) is 3.27. The summed E-state index contributed by atoms with van der Waals surface area (Å²) in [6.07, 6.45) is 5.68. The summed E-state index contributed by atoms with van der Waals surface area (Å²) in [5.74, 6) is 0.0888. The molecular weight excluding hydrogens is 190 g/mol. The third kappa shape index (κ3) is 2.21. The van der Waals surface area contributed by atoms with Crippen LogP contribution in [0.1, 0.15) is 19.8 Å². The minimum absolute atomic E-state index is 0.0888. The van der Waals surface area contributed by atoms with Gasteiger partial charge in [-0.25, -0.2) is 0 Å². The molecule has 1 aliphatic rings. The lowest BCUT2D eigenvalue weighted by molar-refractivity contribution is -0.126. The Bertz CT molecular complexity index is 326. The van der Waals surface area contributed by atoms with Crippen LogP contribution in [0.4, 0.5) is 0 Å². The van der Waals surface area contributed by atoms with Gasteiger partial charge in [-0.05, 0) is 38.4 Å². The molecule has 1 aromatic heterocycles. The zero-order chi connectivity index (χ0) is 10.7. The van der Waals surface area contributed by atoms with Crippen molar-refractivity contribution in [1.82, 2.24) is 9.99 Å². The molecule has 1 atom stereocenters. The topological polar surface area (TPSA) is 46.1 Å². The van der Waals surface area contributed by atoms with E-state index in [2.05, 4.69) is 10.7 Å². The Hall–Kier alpha value is -1.29. The second-order valence-electron chi connectivity index (χ2n) is 4.37. The minimum atomic E-state index is -0.275. The van der Waals surface area contributed by atoms with E-state index in [1.807, 2.05) is 31.5 Å². The highest BCUT2D eigenvalue weighted by Crippen LogP contribution is 2.25. The molecule has 15 heavy (non-hydrogen) atoms. The Labute approximate surface area is 89.6 Å². The highest BCUT2D eigenvalue weighted by atomic mass is 16.2. The van der Waals surface area contributed by atoms with Crippen LogP contribution < -0.4 is 10.7 Å². The number of aromatic nitrogens is 1. The quantitative estimate of drug-likeness (QED) is 0.758. The van der Waals surface area contributed by atoms with Crippen LogP contribution in [0.2, 0.25) is 0 Å². The molecule has 2 heterocycles. The van der Waals surface area contributed by atoms with Crippen molar-refractivity contribution in [2.45, 2.75) is 19.8 Å². The predicted octanol–water partition coefficient (Wildman–Crippen LogP) is 0.948. The Morgan fingerprint density at radius 3 is 2.80 bits per heavy atom. The van der Waals surface area contributed by atoms with E-state index >= 15 is 0 Å². The number of piperidine rings is 1. The maximum atomic E-state index is 12.0. The van der Waals surface area contributed by atoms with Crippen molar-refractivity contribution in [2.75, 3.05) is 18.5 Å². The van der Waals surface area contributed by atoms with E-state index in [1.54, 1.807) is 4.68 Å². The summed E-state index contributed by atoms with van der Waals surface area (Å²) in [6.45, 7) is 3.80. The maximum Gasteiger partial charge on any atom is 0.245 e. The summed E-state index contributed by atoms with van der Waals surface area (Å²) in [5.41, 5.74) is 2.59. The van der Waals surface area contributed by atoms with Gasteiger partial charge in [-0.1, -0.05) is 0 Å². The molecule has 1 aromatic rings. The zero-order valence-corrected chi connectivity index (χ0v) is 8.99. The van der Waals surface area contributed by atoms with Gasteiger partial charge in [0.05, 0.1) is 5.41 Å². The molecule has 82 valence electrons. The molecule has 2 N–H and O–H groups in total. The highest BCUT2D eigenvalue weighted by Gasteiger charge is 2.34. The van der Waals surface area contributed by atoms with Crippen molar-refractivity contribution in [1.29, 1.82) is 0 Å². The summed E-state index contributed by atoms with van der Waals surface area (Å²) in [7, 11) is 0. The second kappa shape index (κ2) is 4.06. The van der Waals surface area contributed by atoms with Crippen molar-refractivity contribution in [2.24, 2.45) is 5.41 Å². The largest absolute Gasteiger partial charge is 0.316 e. The molecule has 0 saturated carbocycles. The molecule has 0 bridgehead atoms. The van der Waals surface area contributed by atoms with E-state index in [0.717, 1.165) is 25.9 Å². The number of nitrogens with one attached hydrogen (secondary N) is 2. The minimum Gasteiger partial charge on any atom is -0.316 e. The van der Waals surface area contributed by atoms with Crippen LogP contribution in [0, 0.1) is 5.41 Å². The molecular formula is C11H17N3O. The first kappa shape index (κ1) is 10.2. The van der Waals surface area contributed by atoms with Crippen LogP contribution in [-0.2, 0) is 4.79 Å². The smallest absolute Gasteiger partial charge is 0.245 e. The summed E-state index contributed by atoms with van der Waals surface area (Å²) in [4.78, 5) is 12.0. The fourth-order valence-electron chi connectivity index (χ4n) is 1.91. The number of amides is 1. The van der Waals surface area contributed by atoms with E-state index in [4.69, 9.17) is 0 Å². The van der Waals surface area contributed by atoms with E-state index < -0.39 is 0 Å². The molecule has 0 aliphatic carbocycles. The van der Waals surface area contributed by atoms with Crippen molar-refractivity contribution >= 4 is 5.91 Å². The third-order valence-electron chi connectivity index (χ3n) is 2.98. The Kier molecular flexibility index (Phi) is 2.77. The van der Waals surface area contributed by atoms with Gasteiger partial charge < -0.3 is 5.32 Å². The van der Waals surface area contributed by atoms with Crippen LogP contribution in [0.25, 0.3) is 0 Å². The zero-order valence-electron chi connectivity index (χ0n) is 8.99. The number of rotatable bonds is 2. The number of carbonyl (C=O) groups excluding carboxylic acids is 1. The fraction of sp³-hybridized carbons (Fsp3) is 0.545. The summed E-state index contributed by atoms with van der Waals surface area (Å²) in [6, 6.07) is 3.78. The Morgan fingerprint density at radius 2 is 2.20 bits per heavy atom. The predicted molar refractivity (Wildman–Crippen MR) is 59.0 cm³/mol. The third-order valence-corrected chi connectivity index (χ3v) is 2.98. The van der Waals surface area contributed by atoms with Crippen molar-refractivity contribution in [3.05, 3.63) is 24.5 Å². The molecule has 1 amide bonds. The molecule has 0 spiro atoms. The lowest BCUT2D eigenvalue weighted by Gasteiger charge is -2.32. The van der Waals surface area contributed by atoms with E-state index in [0.29, 0.717) is 0 Å². The van der Waals surface area contributed by atoms with Crippen molar-refractivity contribution in [3.63, 3.8) is 0 Å². The van der Waals surface area contributed by atoms with E-state index in [9.17, 15) is 4.79 Å². The molecule has 4 heteroatoms. The lowest BCUT2D eigenvalue weighted by Crippen LogP contribution is -2.47. The van der Waals surface area contributed by atoms with Crippen LogP contribution in [0.3, 0.4) is 0 Å². The first-order valence-electron chi connectivity index (χ1n) is 5.36. The van der Waals surface area contributed by atoms with Gasteiger partial charge in [0.15, 0.2) is 0 Å². The van der Waals surface area contributed by atoms with E-state index in [-0.39, 0.29) is 11.3 Å². The van der Waals surface area contributed by atoms with Gasteiger partial charge in [-0.3, -0.25) is 14.9 Å². The Balaban J connectivity index is 2.00. The van der Waals surface area contributed by atoms with Gasteiger partial charge in [0.2, 0.25) is 5.91 Å². The molecule has 2 rings (SSSR count). The highest BCUT2D eigenvalue weighted by molar-refractivity contribution is 5.89. The second-order valence-corrected chi connectivity index (χ2v) is 4.37. The normalized spacial score (nSPS) is 26.2. The summed E-state index contributed by atoms with van der Waals surface area (Å²) >= 11 is 0. The first-order chi connectivity index (χ1) is 7.21. The number of hydrogen-bond acceptors (Lipinski definition) is 2.